The van der Waals surface area contributed by atoms with Crippen molar-refractivity contribution in [1.82, 2.24) is 0 Å². The fourth-order valence-corrected chi connectivity index (χ4v) is 3.04. The summed E-state index contributed by atoms with van der Waals surface area (Å²) in [6, 6.07) is 10.4. The van der Waals surface area contributed by atoms with Gasteiger partial charge in [-0.05, 0) is 31.2 Å². The van der Waals surface area contributed by atoms with Gasteiger partial charge in [-0.1, -0.05) is 23.8 Å². The minimum atomic E-state index is -4.10. The molecule has 2 rings (SSSR count). The van der Waals surface area contributed by atoms with Gasteiger partial charge in [-0.15, -0.1) is 0 Å². The zero-order valence-electron chi connectivity index (χ0n) is 11.1. The summed E-state index contributed by atoms with van der Waals surface area (Å²) in [6.45, 7) is 1.86. The van der Waals surface area contributed by atoms with E-state index in [-0.39, 0.29) is 5.69 Å². The van der Waals surface area contributed by atoms with Crippen molar-refractivity contribution in [2.24, 2.45) is 0 Å². The van der Waals surface area contributed by atoms with Gasteiger partial charge in [0.05, 0.1) is 4.92 Å². The van der Waals surface area contributed by atoms with E-state index in [1.807, 2.05) is 6.92 Å². The highest BCUT2D eigenvalue weighted by atomic mass is 32.2. The summed E-state index contributed by atoms with van der Waals surface area (Å²) in [4.78, 5) is 9.75. The third-order valence-corrected chi connectivity index (χ3v) is 4.22. The lowest BCUT2D eigenvalue weighted by Crippen LogP contribution is -2.15. The van der Waals surface area contributed by atoms with Gasteiger partial charge in [-0.2, -0.15) is 0 Å². The van der Waals surface area contributed by atoms with E-state index < -0.39 is 25.5 Å². The molecule has 0 bridgehead atoms. The van der Waals surface area contributed by atoms with Crippen molar-refractivity contribution in [2.45, 2.75) is 11.8 Å². The number of rotatable bonds is 4. The first-order valence-corrected chi connectivity index (χ1v) is 7.42. The number of nitrogens with one attached hydrogen (secondary N) is 1. The van der Waals surface area contributed by atoms with Crippen LogP contribution >= 0.6 is 0 Å². The summed E-state index contributed by atoms with van der Waals surface area (Å²) >= 11 is 0. The lowest BCUT2D eigenvalue weighted by molar-refractivity contribution is -0.386. The van der Waals surface area contributed by atoms with Crippen molar-refractivity contribution in [1.29, 1.82) is 0 Å². The molecule has 0 saturated heterocycles. The van der Waals surface area contributed by atoms with Crippen molar-refractivity contribution in [3.63, 3.8) is 0 Å². The number of nitro groups is 1. The molecule has 7 nitrogen and oxygen atoms in total. The lowest BCUT2D eigenvalue weighted by Gasteiger charge is -2.09. The standard InChI is InChI=1S/C13H13N3O4S/c1-9-5-7-10(8-6-9)15-21(19,20)12-4-2-3-11(14)13(12)16(17)18/h2-8,15H,14H2,1H3. The molecule has 0 spiro atoms. The van der Waals surface area contributed by atoms with Gasteiger partial charge < -0.3 is 5.73 Å². The molecule has 110 valence electrons. The number of hydrogen-bond acceptors (Lipinski definition) is 5. The predicted octanol–water partition coefficient (Wildman–Crippen LogP) is 2.29. The summed E-state index contributed by atoms with van der Waals surface area (Å²) in [6.07, 6.45) is 0. The van der Waals surface area contributed by atoms with Crippen LogP contribution in [0.5, 0.6) is 0 Å². The van der Waals surface area contributed by atoms with Gasteiger partial charge in [-0.3, -0.25) is 14.8 Å². The lowest BCUT2D eigenvalue weighted by atomic mass is 10.2. The van der Waals surface area contributed by atoms with Crippen molar-refractivity contribution in [3.05, 3.63) is 58.1 Å². The average Bonchev–Trinajstić information content (AvgIpc) is 2.40. The van der Waals surface area contributed by atoms with Crippen molar-refractivity contribution < 1.29 is 13.3 Å². The van der Waals surface area contributed by atoms with Gasteiger partial charge in [0, 0.05) is 5.69 Å². The summed E-state index contributed by atoms with van der Waals surface area (Å²) in [5.74, 6) is 0. The average molecular weight is 307 g/mol. The van der Waals surface area contributed by atoms with Crippen molar-refractivity contribution >= 4 is 27.1 Å². The van der Waals surface area contributed by atoms with Crippen LogP contribution in [0.3, 0.4) is 0 Å². The van der Waals surface area contributed by atoms with Crippen molar-refractivity contribution in [3.8, 4) is 0 Å². The first kappa shape index (κ1) is 14.8. The molecule has 0 unspecified atom stereocenters. The van der Waals surface area contributed by atoms with E-state index in [2.05, 4.69) is 4.72 Å². The molecule has 0 fully saturated rings. The number of nitrogens with zero attached hydrogens (tertiary/aromatic N) is 1. The number of hydrogen-bond donors (Lipinski definition) is 2. The summed E-state index contributed by atoms with van der Waals surface area (Å²) in [7, 11) is -4.10. The second-order valence-electron chi connectivity index (χ2n) is 4.42. The van der Waals surface area contributed by atoms with Crippen LogP contribution in [-0.4, -0.2) is 13.3 Å². The number of benzene rings is 2. The number of aryl methyl sites for hydroxylation is 1. The first-order chi connectivity index (χ1) is 9.81. The highest BCUT2D eigenvalue weighted by Crippen LogP contribution is 2.30. The van der Waals surface area contributed by atoms with E-state index in [9.17, 15) is 18.5 Å². The molecule has 0 aromatic heterocycles. The van der Waals surface area contributed by atoms with E-state index in [1.165, 1.54) is 12.1 Å². The molecule has 0 aliphatic rings. The maximum absolute atomic E-state index is 12.3. The maximum atomic E-state index is 12.3. The summed E-state index contributed by atoms with van der Waals surface area (Å²) < 4.78 is 26.9. The van der Waals surface area contributed by atoms with Crippen LogP contribution in [0.25, 0.3) is 0 Å². The maximum Gasteiger partial charge on any atom is 0.312 e. The van der Waals surface area contributed by atoms with Gasteiger partial charge in [0.25, 0.3) is 10.0 Å². The topological polar surface area (TPSA) is 115 Å². The Labute approximate surface area is 121 Å². The first-order valence-electron chi connectivity index (χ1n) is 5.93. The Balaban J connectivity index is 2.47. The quantitative estimate of drug-likeness (QED) is 0.511. The zero-order chi connectivity index (χ0) is 15.6. The van der Waals surface area contributed by atoms with Crippen LogP contribution in [0.2, 0.25) is 0 Å². The fourth-order valence-electron chi connectivity index (χ4n) is 1.78. The van der Waals surface area contributed by atoms with E-state index >= 15 is 0 Å². The molecule has 8 heteroatoms. The van der Waals surface area contributed by atoms with E-state index in [4.69, 9.17) is 5.73 Å². The Bertz CT molecular complexity index is 786. The Morgan fingerprint density at radius 1 is 1.14 bits per heavy atom. The van der Waals surface area contributed by atoms with Crippen molar-refractivity contribution in [2.75, 3.05) is 10.5 Å². The third kappa shape index (κ3) is 3.11. The Morgan fingerprint density at radius 3 is 2.33 bits per heavy atom. The molecule has 2 aromatic rings. The summed E-state index contributed by atoms with van der Waals surface area (Å²) in [5, 5.41) is 11.0. The molecule has 0 aliphatic carbocycles. The molecular weight excluding hydrogens is 294 g/mol. The number of nitrogens with two attached hydrogens (primary N) is 1. The molecule has 0 radical (unpaired) electrons. The Morgan fingerprint density at radius 2 is 1.76 bits per heavy atom. The van der Waals surface area contributed by atoms with Gasteiger partial charge in [-0.25, -0.2) is 8.42 Å². The Hall–Kier alpha value is -2.61. The minimum absolute atomic E-state index is 0.202. The molecule has 0 heterocycles. The Kier molecular flexibility index (Phi) is 3.81. The summed E-state index contributed by atoms with van der Waals surface area (Å²) in [5.41, 5.74) is 5.95. The zero-order valence-corrected chi connectivity index (χ0v) is 11.9. The van der Waals surface area contributed by atoms with Crippen LogP contribution in [-0.2, 0) is 10.0 Å². The van der Waals surface area contributed by atoms with E-state index in [0.717, 1.165) is 11.6 Å². The molecule has 2 aromatic carbocycles. The number of para-hydroxylation sites is 1. The monoisotopic (exact) mass is 307 g/mol. The molecule has 0 saturated carbocycles. The predicted molar refractivity (Wildman–Crippen MR) is 79.5 cm³/mol. The minimum Gasteiger partial charge on any atom is -0.393 e. The number of sulfonamides is 1. The highest BCUT2D eigenvalue weighted by Gasteiger charge is 2.28. The van der Waals surface area contributed by atoms with Gasteiger partial charge in [0.2, 0.25) is 0 Å². The van der Waals surface area contributed by atoms with Gasteiger partial charge in [0.1, 0.15) is 5.69 Å². The number of nitro benzene ring substituents is 1. The normalized spacial score (nSPS) is 11.1. The van der Waals surface area contributed by atoms with Gasteiger partial charge >= 0.3 is 5.69 Å². The third-order valence-electron chi connectivity index (χ3n) is 2.81. The molecule has 0 atom stereocenters. The fraction of sp³-hybridized carbons (Fsp3) is 0.0769. The molecule has 0 aliphatic heterocycles. The smallest absolute Gasteiger partial charge is 0.312 e. The van der Waals surface area contributed by atoms with Crippen LogP contribution in [0.15, 0.2) is 47.4 Å². The molecule has 3 N–H and O–H groups in total. The second kappa shape index (κ2) is 5.41. The molecule has 21 heavy (non-hydrogen) atoms. The second-order valence-corrected chi connectivity index (χ2v) is 6.07. The van der Waals surface area contributed by atoms with E-state index in [0.29, 0.717) is 5.69 Å². The molecular formula is C13H13N3O4S. The highest BCUT2D eigenvalue weighted by molar-refractivity contribution is 7.92. The SMILES string of the molecule is Cc1ccc(NS(=O)(=O)c2cccc(N)c2[N+](=O)[O-])cc1. The van der Waals surface area contributed by atoms with Crippen LogP contribution in [0.1, 0.15) is 5.56 Å². The number of nitrogen functional groups attached to an aromatic ring is 1. The van der Waals surface area contributed by atoms with Crippen LogP contribution in [0, 0.1) is 17.0 Å². The van der Waals surface area contributed by atoms with Crippen LogP contribution in [0.4, 0.5) is 17.1 Å². The van der Waals surface area contributed by atoms with E-state index in [1.54, 1.807) is 24.3 Å². The largest absolute Gasteiger partial charge is 0.393 e. The van der Waals surface area contributed by atoms with Crippen LogP contribution < -0.4 is 10.5 Å². The van der Waals surface area contributed by atoms with Gasteiger partial charge in [0.15, 0.2) is 4.90 Å². The number of anilines is 2. The molecule has 0 amide bonds.